The smallest absolute Gasteiger partial charge is 0.295 e. The van der Waals surface area contributed by atoms with E-state index in [1.165, 1.54) is 0 Å². The van der Waals surface area contributed by atoms with Crippen LogP contribution in [0, 0.1) is 6.92 Å². The minimum atomic E-state index is -0.647. The van der Waals surface area contributed by atoms with Gasteiger partial charge in [0.05, 0.1) is 11.6 Å². The summed E-state index contributed by atoms with van der Waals surface area (Å²) in [5, 5.41) is 13.2. The maximum Gasteiger partial charge on any atom is 0.295 e. The maximum absolute atomic E-state index is 13.3. The molecule has 162 valence electrons. The highest BCUT2D eigenvalue weighted by atomic mass is 16.3. The van der Waals surface area contributed by atoms with Gasteiger partial charge in [0.15, 0.2) is 0 Å². The Morgan fingerprint density at radius 1 is 1.03 bits per heavy atom. The second kappa shape index (κ2) is 7.71. The molecule has 4 aromatic rings. The summed E-state index contributed by atoms with van der Waals surface area (Å²) in [5.74, 6) is -1.34. The highest BCUT2D eigenvalue weighted by molar-refractivity contribution is 6.47. The number of benzene rings is 2. The number of likely N-dealkylation sites (tertiary alicyclic amines) is 1. The Morgan fingerprint density at radius 3 is 2.47 bits per heavy atom. The number of amides is 1. The molecule has 1 amide bonds. The van der Waals surface area contributed by atoms with Crippen molar-refractivity contribution < 1.29 is 14.7 Å². The molecule has 0 spiro atoms. The molecular weight excluding hydrogens is 402 g/mol. The van der Waals surface area contributed by atoms with E-state index >= 15 is 0 Å². The van der Waals surface area contributed by atoms with E-state index in [0.29, 0.717) is 12.1 Å². The number of H-pyrrole nitrogens is 2. The molecule has 0 bridgehead atoms. The lowest BCUT2D eigenvalue weighted by Gasteiger charge is -2.25. The largest absolute Gasteiger partial charge is 0.507 e. The van der Waals surface area contributed by atoms with Crippen LogP contribution in [0.3, 0.4) is 0 Å². The van der Waals surface area contributed by atoms with Crippen LogP contribution in [-0.2, 0) is 9.59 Å². The number of aliphatic hydroxyl groups is 1. The van der Waals surface area contributed by atoms with Crippen LogP contribution in [0.15, 0.2) is 60.3 Å². The summed E-state index contributed by atoms with van der Waals surface area (Å²) in [5.41, 5.74) is 4.20. The van der Waals surface area contributed by atoms with E-state index in [0.717, 1.165) is 45.9 Å². The zero-order chi connectivity index (χ0) is 22.4. The van der Waals surface area contributed by atoms with Crippen LogP contribution in [0.5, 0.6) is 0 Å². The lowest BCUT2D eigenvalue weighted by Crippen LogP contribution is -2.30. The Balaban J connectivity index is 1.78. The van der Waals surface area contributed by atoms with E-state index < -0.39 is 17.7 Å². The van der Waals surface area contributed by atoms with Crippen molar-refractivity contribution in [3.8, 4) is 0 Å². The fourth-order valence-electron chi connectivity index (χ4n) is 4.80. The molecule has 1 aliphatic rings. The molecule has 1 atom stereocenters. The Morgan fingerprint density at radius 2 is 1.72 bits per heavy atom. The number of hydrogen-bond donors (Lipinski definition) is 3. The van der Waals surface area contributed by atoms with Crippen molar-refractivity contribution in [2.75, 3.05) is 6.54 Å². The number of aromatic amines is 2. The van der Waals surface area contributed by atoms with Crippen LogP contribution in [0.1, 0.15) is 42.6 Å². The number of aliphatic hydroxyl groups excluding tert-OH is 1. The first kappa shape index (κ1) is 20.1. The molecule has 6 nitrogen and oxygen atoms in total. The predicted molar refractivity (Wildman–Crippen MR) is 125 cm³/mol. The van der Waals surface area contributed by atoms with E-state index in [4.69, 9.17) is 0 Å². The molecule has 3 N–H and O–H groups in total. The predicted octanol–water partition coefficient (Wildman–Crippen LogP) is 5.18. The van der Waals surface area contributed by atoms with Crippen molar-refractivity contribution in [1.29, 1.82) is 0 Å². The van der Waals surface area contributed by atoms with E-state index in [9.17, 15) is 14.7 Å². The summed E-state index contributed by atoms with van der Waals surface area (Å²) in [7, 11) is 0. The lowest BCUT2D eigenvalue weighted by molar-refractivity contribution is -0.139. The third-order valence-corrected chi connectivity index (χ3v) is 6.35. The minimum absolute atomic E-state index is 0.142. The van der Waals surface area contributed by atoms with Gasteiger partial charge in [-0.25, -0.2) is 0 Å². The summed E-state index contributed by atoms with van der Waals surface area (Å²) < 4.78 is 0. The first-order valence-corrected chi connectivity index (χ1v) is 10.9. The van der Waals surface area contributed by atoms with Gasteiger partial charge in [0.1, 0.15) is 5.76 Å². The quantitative estimate of drug-likeness (QED) is 0.233. The average molecular weight is 428 g/mol. The van der Waals surface area contributed by atoms with Crippen LogP contribution in [-0.4, -0.2) is 38.2 Å². The minimum Gasteiger partial charge on any atom is -0.507 e. The fraction of sp³-hybridized carbons (Fsp3) is 0.231. The third-order valence-electron chi connectivity index (χ3n) is 6.35. The van der Waals surface area contributed by atoms with E-state index in [1.54, 1.807) is 11.1 Å². The van der Waals surface area contributed by atoms with Crippen molar-refractivity contribution in [3.63, 3.8) is 0 Å². The van der Waals surface area contributed by atoms with E-state index in [2.05, 4.69) is 16.9 Å². The first-order valence-electron chi connectivity index (χ1n) is 10.9. The van der Waals surface area contributed by atoms with E-state index in [1.807, 2.05) is 55.5 Å². The van der Waals surface area contributed by atoms with Crippen LogP contribution < -0.4 is 0 Å². The van der Waals surface area contributed by atoms with Gasteiger partial charge < -0.3 is 20.0 Å². The maximum atomic E-state index is 13.3. The molecule has 32 heavy (non-hydrogen) atoms. The summed E-state index contributed by atoms with van der Waals surface area (Å²) in [6.07, 6.45) is 3.36. The number of unbranched alkanes of at least 4 members (excludes halogenated alkanes) is 1. The Kier molecular flexibility index (Phi) is 4.85. The molecule has 5 rings (SSSR count). The van der Waals surface area contributed by atoms with Crippen LogP contribution in [0.25, 0.3) is 27.6 Å². The lowest BCUT2D eigenvalue weighted by atomic mass is 9.93. The third kappa shape index (κ3) is 2.94. The summed E-state index contributed by atoms with van der Waals surface area (Å²) >= 11 is 0. The van der Waals surface area contributed by atoms with Gasteiger partial charge in [0.2, 0.25) is 0 Å². The molecule has 2 aromatic carbocycles. The van der Waals surface area contributed by atoms with E-state index in [-0.39, 0.29) is 11.3 Å². The van der Waals surface area contributed by atoms with Crippen molar-refractivity contribution in [1.82, 2.24) is 14.9 Å². The van der Waals surface area contributed by atoms with Crippen molar-refractivity contribution in [2.45, 2.75) is 32.7 Å². The van der Waals surface area contributed by atoms with Gasteiger partial charge in [-0.15, -0.1) is 0 Å². The molecule has 1 fully saturated rings. The SMILES string of the molecule is CCCCN1C(=O)C(=O)/C(=C(/O)c2c[nH]c3ccccc23)C1c1c(C)[nH]c2ccccc12. The van der Waals surface area contributed by atoms with Gasteiger partial charge in [-0.1, -0.05) is 49.7 Å². The fourth-order valence-corrected chi connectivity index (χ4v) is 4.80. The molecule has 1 unspecified atom stereocenters. The average Bonchev–Trinajstić information content (AvgIpc) is 3.44. The number of carbonyl (C=O) groups is 2. The van der Waals surface area contributed by atoms with Crippen LogP contribution in [0.4, 0.5) is 0 Å². The van der Waals surface area contributed by atoms with Gasteiger partial charge in [-0.3, -0.25) is 9.59 Å². The highest BCUT2D eigenvalue weighted by Gasteiger charge is 2.47. The number of ketones is 1. The highest BCUT2D eigenvalue weighted by Crippen LogP contribution is 2.44. The van der Waals surface area contributed by atoms with Gasteiger partial charge in [0.25, 0.3) is 11.7 Å². The number of Topliss-reactive ketones (excluding diaryl/α,β-unsaturated/α-hetero) is 1. The number of nitrogens with zero attached hydrogens (tertiary/aromatic N) is 1. The van der Waals surface area contributed by atoms with Crippen LogP contribution in [0.2, 0.25) is 0 Å². The number of aryl methyl sites for hydroxylation is 1. The number of carbonyl (C=O) groups excluding carboxylic acids is 2. The molecule has 1 aliphatic heterocycles. The number of nitrogens with one attached hydrogen (secondary N) is 2. The molecule has 2 aromatic heterocycles. The van der Waals surface area contributed by atoms with Gasteiger partial charge in [-0.2, -0.15) is 0 Å². The number of rotatable bonds is 5. The number of aromatic nitrogens is 2. The second-order valence-electron chi connectivity index (χ2n) is 8.30. The number of para-hydroxylation sites is 2. The Bertz CT molecular complexity index is 1390. The zero-order valence-corrected chi connectivity index (χ0v) is 18.1. The standard InChI is InChI=1S/C26H25N3O3/c1-3-4-13-29-23(21-15(2)28-20-12-8-6-10-17(20)21)22(25(31)26(29)32)24(30)18-14-27-19-11-7-5-9-16(18)19/h5-12,14,23,27-28,30H,3-4,13H2,1-2H3/b24-22+. The van der Waals surface area contributed by atoms with Crippen molar-refractivity contribution >= 4 is 39.3 Å². The second-order valence-corrected chi connectivity index (χ2v) is 8.30. The molecule has 3 heterocycles. The monoisotopic (exact) mass is 427 g/mol. The normalized spacial score (nSPS) is 18.3. The zero-order valence-electron chi connectivity index (χ0n) is 18.1. The molecule has 0 aliphatic carbocycles. The number of fused-ring (bicyclic) bond motifs is 2. The Labute approximate surface area is 185 Å². The number of hydrogen-bond acceptors (Lipinski definition) is 3. The Hall–Kier alpha value is -3.80. The molecular formula is C26H25N3O3. The molecule has 6 heteroatoms. The topological polar surface area (TPSA) is 89.2 Å². The van der Waals surface area contributed by atoms with Gasteiger partial charge in [0, 0.05) is 51.4 Å². The van der Waals surface area contributed by atoms with Crippen molar-refractivity contribution in [2.24, 2.45) is 0 Å². The molecule has 1 saturated heterocycles. The molecule has 0 radical (unpaired) electrons. The summed E-state index contributed by atoms with van der Waals surface area (Å²) in [6, 6.07) is 14.8. The molecule has 0 saturated carbocycles. The van der Waals surface area contributed by atoms with Crippen molar-refractivity contribution in [3.05, 3.63) is 77.1 Å². The summed E-state index contributed by atoms with van der Waals surface area (Å²) in [4.78, 5) is 34.5. The van der Waals surface area contributed by atoms with Crippen LogP contribution >= 0.6 is 0 Å². The van der Waals surface area contributed by atoms with Gasteiger partial charge in [-0.05, 0) is 25.5 Å². The van der Waals surface area contributed by atoms with Gasteiger partial charge >= 0.3 is 0 Å². The first-order chi connectivity index (χ1) is 15.5. The summed E-state index contributed by atoms with van der Waals surface area (Å²) in [6.45, 7) is 4.45.